The Balaban J connectivity index is 1.72. The molecule has 0 heterocycles. The summed E-state index contributed by atoms with van der Waals surface area (Å²) in [7, 11) is 4.08. The van der Waals surface area contributed by atoms with Crippen LogP contribution in [-0.4, -0.2) is 20.3 Å². The molecular formula is C26H28N2. The summed E-state index contributed by atoms with van der Waals surface area (Å²) in [5, 5.41) is 7.95. The Labute approximate surface area is 168 Å². The zero-order valence-electron chi connectivity index (χ0n) is 17.2. The molecule has 1 aliphatic rings. The highest BCUT2D eigenvalue weighted by Gasteiger charge is 2.27. The van der Waals surface area contributed by atoms with Crippen molar-refractivity contribution in [2.45, 2.75) is 32.1 Å². The molecule has 0 bridgehead atoms. The Morgan fingerprint density at radius 3 is 2.46 bits per heavy atom. The zero-order chi connectivity index (χ0) is 19.9. The summed E-state index contributed by atoms with van der Waals surface area (Å²) in [6, 6.07) is 22.0. The average Bonchev–Trinajstić information content (AvgIpc) is 3.07. The first-order valence-corrected chi connectivity index (χ1v) is 9.92. The van der Waals surface area contributed by atoms with Crippen LogP contribution in [0, 0.1) is 5.41 Å². The largest absolute Gasteiger partial charge is 0.378 e. The van der Waals surface area contributed by atoms with Crippen molar-refractivity contribution in [1.29, 1.82) is 5.41 Å². The molecule has 0 atom stereocenters. The van der Waals surface area contributed by atoms with Gasteiger partial charge in [-0.2, -0.15) is 0 Å². The number of hydrogen-bond donors (Lipinski definition) is 1. The van der Waals surface area contributed by atoms with Crippen LogP contribution in [0.25, 0.3) is 11.1 Å². The van der Waals surface area contributed by atoms with Gasteiger partial charge in [-0.15, -0.1) is 0 Å². The molecule has 2 heteroatoms. The lowest BCUT2D eigenvalue weighted by atomic mass is 9.76. The molecule has 28 heavy (non-hydrogen) atoms. The summed E-state index contributed by atoms with van der Waals surface area (Å²) >= 11 is 0. The van der Waals surface area contributed by atoms with Crippen LogP contribution in [0.2, 0.25) is 0 Å². The van der Waals surface area contributed by atoms with Gasteiger partial charge in [-0.25, -0.2) is 0 Å². The van der Waals surface area contributed by atoms with Crippen molar-refractivity contribution >= 4 is 11.9 Å². The van der Waals surface area contributed by atoms with Gasteiger partial charge in [-0.05, 0) is 69.3 Å². The Hall–Kier alpha value is -2.87. The van der Waals surface area contributed by atoms with Crippen LogP contribution in [0.15, 0.2) is 60.7 Å². The monoisotopic (exact) mass is 368 g/mol. The molecule has 4 rings (SSSR count). The third kappa shape index (κ3) is 3.13. The summed E-state index contributed by atoms with van der Waals surface area (Å²) in [5.74, 6) is 0. The molecule has 142 valence electrons. The van der Waals surface area contributed by atoms with Gasteiger partial charge in [-0.1, -0.05) is 62.4 Å². The predicted molar refractivity (Wildman–Crippen MR) is 120 cm³/mol. The van der Waals surface area contributed by atoms with E-state index in [-0.39, 0.29) is 5.41 Å². The van der Waals surface area contributed by atoms with E-state index in [9.17, 15) is 0 Å². The third-order valence-corrected chi connectivity index (χ3v) is 6.02. The quantitative estimate of drug-likeness (QED) is 0.440. The van der Waals surface area contributed by atoms with Crippen LogP contribution in [0.1, 0.15) is 41.7 Å². The van der Waals surface area contributed by atoms with Crippen molar-refractivity contribution in [2.75, 3.05) is 19.0 Å². The van der Waals surface area contributed by atoms with Gasteiger partial charge in [-0.3, -0.25) is 0 Å². The highest BCUT2D eigenvalue weighted by molar-refractivity contribution is 5.82. The van der Waals surface area contributed by atoms with Crippen LogP contribution < -0.4 is 4.90 Å². The second-order valence-corrected chi connectivity index (χ2v) is 8.65. The van der Waals surface area contributed by atoms with Gasteiger partial charge >= 0.3 is 0 Å². The lowest BCUT2D eigenvalue weighted by Crippen LogP contribution is -2.23. The molecule has 0 aliphatic heterocycles. The Morgan fingerprint density at radius 2 is 1.71 bits per heavy atom. The van der Waals surface area contributed by atoms with E-state index in [4.69, 9.17) is 5.41 Å². The Bertz CT molecular complexity index is 1040. The fraction of sp³-hybridized carbons (Fsp3) is 0.269. The molecule has 3 aromatic carbocycles. The number of rotatable bonds is 5. The molecule has 0 spiro atoms. The van der Waals surface area contributed by atoms with Crippen molar-refractivity contribution in [3.05, 3.63) is 88.5 Å². The van der Waals surface area contributed by atoms with Crippen LogP contribution >= 0.6 is 0 Å². The summed E-state index contributed by atoms with van der Waals surface area (Å²) in [6.45, 7) is 4.60. The van der Waals surface area contributed by atoms with E-state index in [2.05, 4.69) is 79.4 Å². The normalized spacial score (nSPS) is 12.4. The second kappa shape index (κ2) is 6.94. The maximum absolute atomic E-state index is 7.95. The third-order valence-electron chi connectivity index (χ3n) is 6.02. The SMILES string of the molecule is CN(C)c1ccc(C(C)(C)Cc2cccc3c2Cc2ccccc2-3)c(C=N)c1. The smallest absolute Gasteiger partial charge is 0.0367 e. The molecule has 0 saturated heterocycles. The number of benzene rings is 3. The van der Waals surface area contributed by atoms with E-state index >= 15 is 0 Å². The van der Waals surface area contributed by atoms with Gasteiger partial charge < -0.3 is 10.3 Å². The maximum atomic E-state index is 7.95. The van der Waals surface area contributed by atoms with E-state index in [1.165, 1.54) is 39.6 Å². The lowest BCUT2D eigenvalue weighted by Gasteiger charge is -2.29. The van der Waals surface area contributed by atoms with Gasteiger partial charge in [0.05, 0.1) is 0 Å². The van der Waals surface area contributed by atoms with Crippen LogP contribution in [-0.2, 0) is 18.3 Å². The Morgan fingerprint density at radius 1 is 0.964 bits per heavy atom. The minimum atomic E-state index is -0.0539. The first-order chi connectivity index (χ1) is 13.4. The van der Waals surface area contributed by atoms with E-state index in [0.29, 0.717) is 0 Å². The first kappa shape index (κ1) is 18.5. The molecule has 0 unspecified atom stereocenters. The van der Waals surface area contributed by atoms with E-state index in [1.807, 2.05) is 14.1 Å². The highest BCUT2D eigenvalue weighted by atomic mass is 15.1. The minimum absolute atomic E-state index is 0.0539. The number of nitrogens with zero attached hydrogens (tertiary/aromatic N) is 1. The van der Waals surface area contributed by atoms with Crippen molar-refractivity contribution in [3.8, 4) is 11.1 Å². The number of fused-ring (bicyclic) bond motifs is 3. The average molecular weight is 369 g/mol. The molecule has 0 fully saturated rings. The highest BCUT2D eigenvalue weighted by Crippen LogP contribution is 2.40. The second-order valence-electron chi connectivity index (χ2n) is 8.65. The fourth-order valence-electron chi connectivity index (χ4n) is 4.52. The summed E-state index contributed by atoms with van der Waals surface area (Å²) < 4.78 is 0. The summed E-state index contributed by atoms with van der Waals surface area (Å²) in [6.07, 6.45) is 3.48. The summed E-state index contributed by atoms with van der Waals surface area (Å²) in [4.78, 5) is 2.09. The van der Waals surface area contributed by atoms with Gasteiger partial charge in [0.25, 0.3) is 0 Å². The number of anilines is 1. The molecule has 0 amide bonds. The summed E-state index contributed by atoms with van der Waals surface area (Å²) in [5.41, 5.74) is 10.4. The van der Waals surface area contributed by atoms with Crippen LogP contribution in [0.5, 0.6) is 0 Å². The fourth-order valence-corrected chi connectivity index (χ4v) is 4.52. The van der Waals surface area contributed by atoms with Gasteiger partial charge in [0.1, 0.15) is 0 Å². The standard InChI is InChI=1S/C26H28N2/c1-26(2,25-13-12-21(28(3)4)14-20(25)17-27)16-19-9-7-11-23-22-10-6-5-8-18(22)15-24(19)23/h5-14,17,27H,15-16H2,1-4H3. The predicted octanol–water partition coefficient (Wildman–Crippen LogP) is 5.84. The van der Waals surface area contributed by atoms with Gasteiger partial charge in [0.2, 0.25) is 0 Å². The van der Waals surface area contributed by atoms with Crippen molar-refractivity contribution < 1.29 is 0 Å². The lowest BCUT2D eigenvalue weighted by molar-refractivity contribution is 0.520. The Kier molecular flexibility index (Phi) is 4.58. The van der Waals surface area contributed by atoms with Crippen molar-refractivity contribution in [1.82, 2.24) is 0 Å². The van der Waals surface area contributed by atoms with Crippen molar-refractivity contribution in [3.63, 3.8) is 0 Å². The van der Waals surface area contributed by atoms with E-state index in [0.717, 1.165) is 24.1 Å². The topological polar surface area (TPSA) is 27.1 Å². The number of nitrogens with one attached hydrogen (secondary N) is 1. The molecule has 3 aromatic rings. The number of hydrogen-bond acceptors (Lipinski definition) is 2. The van der Waals surface area contributed by atoms with Crippen molar-refractivity contribution in [2.24, 2.45) is 0 Å². The molecule has 0 saturated carbocycles. The molecular weight excluding hydrogens is 340 g/mol. The van der Waals surface area contributed by atoms with Crippen LogP contribution in [0.3, 0.4) is 0 Å². The van der Waals surface area contributed by atoms with Gasteiger partial charge in [0, 0.05) is 26.0 Å². The van der Waals surface area contributed by atoms with E-state index in [1.54, 1.807) is 0 Å². The molecule has 1 aliphatic carbocycles. The molecule has 2 nitrogen and oxygen atoms in total. The molecule has 1 N–H and O–H groups in total. The maximum Gasteiger partial charge on any atom is 0.0367 e. The molecule has 0 radical (unpaired) electrons. The molecule has 0 aromatic heterocycles. The van der Waals surface area contributed by atoms with Crippen LogP contribution in [0.4, 0.5) is 5.69 Å². The first-order valence-electron chi connectivity index (χ1n) is 9.92. The minimum Gasteiger partial charge on any atom is -0.378 e. The zero-order valence-corrected chi connectivity index (χ0v) is 17.2. The van der Waals surface area contributed by atoms with E-state index < -0.39 is 0 Å². The van der Waals surface area contributed by atoms with Gasteiger partial charge in [0.15, 0.2) is 0 Å².